The third-order valence-corrected chi connectivity index (χ3v) is 5.84. The number of ether oxygens (including phenoxy) is 1. The van der Waals surface area contributed by atoms with Crippen LogP contribution in [0.1, 0.15) is 15.9 Å². The predicted molar refractivity (Wildman–Crippen MR) is 138 cm³/mol. The number of methoxy groups -OCH3 is 1. The molecule has 0 aliphatic rings. The van der Waals surface area contributed by atoms with E-state index in [-0.39, 0.29) is 17.1 Å². The molecule has 4 aromatic rings. The number of rotatable bonds is 8. The minimum Gasteiger partial charge on any atom is -0.496 e. The molecule has 0 bridgehead atoms. The number of carbonyl (C=O) groups excluding carboxylic acids is 2. The smallest absolute Gasteiger partial charge is 0.283 e. The molecule has 0 saturated heterocycles. The molecule has 11 heteroatoms. The van der Waals surface area contributed by atoms with Crippen LogP contribution in [0.2, 0.25) is 0 Å². The van der Waals surface area contributed by atoms with E-state index in [4.69, 9.17) is 15.0 Å². The van der Waals surface area contributed by atoms with E-state index in [1.54, 1.807) is 36.4 Å². The van der Waals surface area contributed by atoms with Gasteiger partial charge in [-0.05, 0) is 65.6 Å². The standard InChI is InChI=1S/C27H23F3N4O4/c1-13-10-16(33-26(35)14(2)28)5-7-17(13)18-8-9-20-24(25(31)34-38-20)23(18)15-4-6-19(21(11-15)37-3)27(36)32-12-22(29)30/h4-11,22H,2,12H2,1,3H3,(H2,31,34)(H,32,36)(H,33,35). The summed E-state index contributed by atoms with van der Waals surface area (Å²) in [4.78, 5) is 24.1. The molecule has 0 fully saturated rings. The Morgan fingerprint density at radius 2 is 1.87 bits per heavy atom. The second kappa shape index (κ2) is 10.7. The number of halogens is 3. The molecule has 4 rings (SSSR count). The third-order valence-electron chi connectivity index (χ3n) is 5.84. The fourth-order valence-corrected chi connectivity index (χ4v) is 4.12. The van der Waals surface area contributed by atoms with Crippen molar-refractivity contribution in [1.29, 1.82) is 0 Å². The topological polar surface area (TPSA) is 119 Å². The normalized spacial score (nSPS) is 11.0. The summed E-state index contributed by atoms with van der Waals surface area (Å²) < 4.78 is 49.1. The van der Waals surface area contributed by atoms with Gasteiger partial charge < -0.3 is 25.6 Å². The lowest BCUT2D eigenvalue weighted by atomic mass is 9.89. The van der Waals surface area contributed by atoms with E-state index in [1.807, 2.05) is 13.0 Å². The van der Waals surface area contributed by atoms with Crippen LogP contribution in [-0.4, -0.2) is 37.1 Å². The fraction of sp³-hybridized carbons (Fsp3) is 0.148. The van der Waals surface area contributed by atoms with Crippen LogP contribution in [-0.2, 0) is 4.79 Å². The van der Waals surface area contributed by atoms with Gasteiger partial charge in [-0.25, -0.2) is 13.2 Å². The number of fused-ring (bicyclic) bond motifs is 1. The van der Waals surface area contributed by atoms with Gasteiger partial charge in [-0.3, -0.25) is 9.59 Å². The fourth-order valence-electron chi connectivity index (χ4n) is 4.12. The van der Waals surface area contributed by atoms with Gasteiger partial charge in [0, 0.05) is 11.3 Å². The minimum absolute atomic E-state index is 0.0784. The lowest BCUT2D eigenvalue weighted by Crippen LogP contribution is -2.28. The maximum Gasteiger partial charge on any atom is 0.283 e. The Bertz CT molecular complexity index is 1570. The van der Waals surface area contributed by atoms with Crippen molar-refractivity contribution in [3.05, 3.63) is 72.1 Å². The van der Waals surface area contributed by atoms with Crippen LogP contribution in [0.4, 0.5) is 24.7 Å². The highest BCUT2D eigenvalue weighted by atomic mass is 19.3. The first-order chi connectivity index (χ1) is 18.1. The second-order valence-corrected chi connectivity index (χ2v) is 8.33. The Morgan fingerprint density at radius 3 is 2.53 bits per heavy atom. The number of hydrogen-bond acceptors (Lipinski definition) is 6. The summed E-state index contributed by atoms with van der Waals surface area (Å²) in [6, 6.07) is 13.3. The number of nitrogens with zero attached hydrogens (tertiary/aromatic N) is 1. The van der Waals surface area contributed by atoms with Gasteiger partial charge in [0.25, 0.3) is 18.2 Å². The van der Waals surface area contributed by atoms with Crippen LogP contribution < -0.4 is 21.1 Å². The second-order valence-electron chi connectivity index (χ2n) is 8.33. The first-order valence-electron chi connectivity index (χ1n) is 11.3. The number of amides is 2. The molecule has 38 heavy (non-hydrogen) atoms. The van der Waals surface area contributed by atoms with Crippen molar-refractivity contribution in [2.24, 2.45) is 0 Å². The predicted octanol–water partition coefficient (Wildman–Crippen LogP) is 5.48. The molecule has 2 amide bonds. The number of nitrogens with two attached hydrogens (primary N) is 1. The molecule has 3 aromatic carbocycles. The number of aromatic nitrogens is 1. The largest absolute Gasteiger partial charge is 0.496 e. The highest BCUT2D eigenvalue weighted by Gasteiger charge is 2.21. The Kier molecular flexibility index (Phi) is 7.38. The summed E-state index contributed by atoms with van der Waals surface area (Å²) in [6.07, 6.45) is -2.69. The van der Waals surface area contributed by atoms with Gasteiger partial charge in [0.05, 0.1) is 24.6 Å². The van der Waals surface area contributed by atoms with Crippen molar-refractivity contribution in [3.8, 4) is 28.0 Å². The van der Waals surface area contributed by atoms with Crippen molar-refractivity contribution in [1.82, 2.24) is 10.5 Å². The van der Waals surface area contributed by atoms with E-state index >= 15 is 0 Å². The van der Waals surface area contributed by atoms with Crippen molar-refractivity contribution in [2.45, 2.75) is 13.3 Å². The van der Waals surface area contributed by atoms with Crippen LogP contribution in [0.25, 0.3) is 33.2 Å². The monoisotopic (exact) mass is 524 g/mol. The zero-order valence-corrected chi connectivity index (χ0v) is 20.4. The Labute approximate surface area is 215 Å². The zero-order chi connectivity index (χ0) is 27.6. The number of hydrogen-bond donors (Lipinski definition) is 3. The van der Waals surface area contributed by atoms with Crippen LogP contribution in [0, 0.1) is 6.92 Å². The summed E-state index contributed by atoms with van der Waals surface area (Å²) >= 11 is 0. The lowest BCUT2D eigenvalue weighted by molar-refractivity contribution is -0.114. The molecule has 0 saturated carbocycles. The van der Waals surface area contributed by atoms with Gasteiger partial charge in [0.15, 0.2) is 17.2 Å². The van der Waals surface area contributed by atoms with E-state index in [0.717, 1.165) is 16.7 Å². The summed E-state index contributed by atoms with van der Waals surface area (Å²) in [5.41, 5.74) is 10.5. The summed E-state index contributed by atoms with van der Waals surface area (Å²) in [7, 11) is 1.36. The number of anilines is 2. The number of benzene rings is 3. The van der Waals surface area contributed by atoms with Gasteiger partial charge in [0.2, 0.25) is 0 Å². The average Bonchev–Trinajstić information content (AvgIpc) is 3.27. The summed E-state index contributed by atoms with van der Waals surface area (Å²) in [6.45, 7) is 4.02. The van der Waals surface area contributed by atoms with Gasteiger partial charge in [-0.1, -0.05) is 23.9 Å². The van der Waals surface area contributed by atoms with Gasteiger partial charge in [-0.15, -0.1) is 0 Å². The van der Waals surface area contributed by atoms with Crippen molar-refractivity contribution in [3.63, 3.8) is 0 Å². The summed E-state index contributed by atoms with van der Waals surface area (Å²) in [5, 5.41) is 8.99. The quantitative estimate of drug-likeness (QED) is 0.263. The first-order valence-corrected chi connectivity index (χ1v) is 11.3. The van der Waals surface area contributed by atoms with Crippen molar-refractivity contribution in [2.75, 3.05) is 24.7 Å². The van der Waals surface area contributed by atoms with E-state index in [2.05, 4.69) is 22.4 Å². The Morgan fingerprint density at radius 1 is 1.13 bits per heavy atom. The average molecular weight is 524 g/mol. The maximum atomic E-state index is 13.1. The molecular weight excluding hydrogens is 501 g/mol. The first kappa shape index (κ1) is 26.3. The number of carbonyl (C=O) groups is 2. The Hall–Kier alpha value is -4.80. The molecule has 0 aliphatic heterocycles. The SMILES string of the molecule is C=C(F)C(=O)Nc1ccc(-c2ccc3onc(N)c3c2-c2ccc(C(=O)NCC(F)F)c(OC)c2)c(C)c1. The molecule has 1 aromatic heterocycles. The van der Waals surface area contributed by atoms with Crippen molar-refractivity contribution >= 4 is 34.3 Å². The van der Waals surface area contributed by atoms with E-state index in [1.165, 1.54) is 13.2 Å². The molecule has 0 spiro atoms. The molecule has 0 radical (unpaired) electrons. The van der Waals surface area contributed by atoms with Gasteiger partial charge in [0.1, 0.15) is 5.75 Å². The number of alkyl halides is 2. The highest BCUT2D eigenvalue weighted by molar-refractivity contribution is 6.08. The maximum absolute atomic E-state index is 13.1. The zero-order valence-electron chi connectivity index (χ0n) is 20.4. The van der Waals surface area contributed by atoms with Crippen LogP contribution in [0.5, 0.6) is 5.75 Å². The molecular formula is C27H23F3N4O4. The molecule has 0 atom stereocenters. The highest BCUT2D eigenvalue weighted by Crippen LogP contribution is 2.43. The molecule has 1 heterocycles. The van der Waals surface area contributed by atoms with Crippen LogP contribution >= 0.6 is 0 Å². The van der Waals surface area contributed by atoms with E-state index < -0.39 is 30.6 Å². The van der Waals surface area contributed by atoms with E-state index in [9.17, 15) is 22.8 Å². The Balaban J connectivity index is 1.85. The molecule has 0 aliphatic carbocycles. The third kappa shape index (κ3) is 5.17. The number of nitrogens with one attached hydrogen (secondary N) is 2. The lowest BCUT2D eigenvalue weighted by Gasteiger charge is -2.17. The van der Waals surface area contributed by atoms with Crippen LogP contribution in [0.15, 0.2) is 65.5 Å². The van der Waals surface area contributed by atoms with Gasteiger partial charge in [-0.2, -0.15) is 0 Å². The minimum atomic E-state index is -2.69. The molecule has 0 unspecified atom stereocenters. The molecule has 8 nitrogen and oxygen atoms in total. The number of aryl methyl sites for hydroxylation is 1. The van der Waals surface area contributed by atoms with E-state index in [0.29, 0.717) is 27.8 Å². The van der Waals surface area contributed by atoms with Crippen molar-refractivity contribution < 1.29 is 32.0 Å². The van der Waals surface area contributed by atoms with Gasteiger partial charge >= 0.3 is 0 Å². The van der Waals surface area contributed by atoms with Crippen LogP contribution in [0.3, 0.4) is 0 Å². The molecule has 196 valence electrons. The number of nitrogen functional groups attached to an aromatic ring is 1. The summed E-state index contributed by atoms with van der Waals surface area (Å²) in [5.74, 6) is -2.46. The molecule has 4 N–H and O–H groups in total.